The maximum atomic E-state index is 11.2. The summed E-state index contributed by atoms with van der Waals surface area (Å²) in [6.07, 6.45) is 1.55. The van der Waals surface area contributed by atoms with Crippen LogP contribution in [0.5, 0.6) is 5.75 Å². The molecule has 0 aromatic heterocycles. The van der Waals surface area contributed by atoms with Crippen molar-refractivity contribution in [3.8, 4) is 5.75 Å². The molecule has 0 atom stereocenters. The van der Waals surface area contributed by atoms with Crippen LogP contribution in [0.3, 0.4) is 0 Å². The molecule has 1 heterocycles. The van der Waals surface area contributed by atoms with Crippen LogP contribution in [0.15, 0.2) is 28.7 Å². The molecule has 2 rings (SSSR count). The molecule has 1 saturated heterocycles. The molecule has 1 aliphatic rings. The molecule has 4 nitrogen and oxygen atoms in total. The molecule has 0 spiro atoms. The van der Waals surface area contributed by atoms with Gasteiger partial charge in [-0.15, -0.1) is 0 Å². The first-order valence-electron chi connectivity index (χ1n) is 4.19. The molecule has 5 heteroatoms. The van der Waals surface area contributed by atoms with Crippen LogP contribution >= 0.6 is 0 Å². The van der Waals surface area contributed by atoms with Crippen LogP contribution in [-0.2, 0) is 4.79 Å². The number of carbonyl (C=O) groups excluding carboxylic acids is 2. The van der Waals surface area contributed by atoms with E-state index in [1.165, 1.54) is 6.07 Å². The molecule has 1 aromatic rings. The number of amides is 2. The Morgan fingerprint density at radius 3 is 2.60 bits per heavy atom. The zero-order chi connectivity index (χ0) is 10.8. The van der Waals surface area contributed by atoms with Gasteiger partial charge in [-0.05, 0) is 0 Å². The van der Waals surface area contributed by atoms with Crippen molar-refractivity contribution in [2.24, 2.45) is 0 Å². The summed E-state index contributed by atoms with van der Waals surface area (Å²) in [5.41, 5.74) is 0.555. The number of hydrogen-bond acceptors (Lipinski definition) is 3. The van der Waals surface area contributed by atoms with Gasteiger partial charge >= 0.3 is 91.8 Å². The molecule has 15 heavy (non-hydrogen) atoms. The van der Waals surface area contributed by atoms with Crippen LogP contribution < -0.4 is 5.32 Å². The van der Waals surface area contributed by atoms with E-state index in [2.05, 4.69) is 5.32 Å². The number of nitrogens with one attached hydrogen (secondary N) is 1. The molecule has 0 unspecified atom stereocenters. The van der Waals surface area contributed by atoms with Gasteiger partial charge in [0, 0.05) is 0 Å². The Balaban J connectivity index is 2.35. The van der Waals surface area contributed by atoms with Gasteiger partial charge in [0.1, 0.15) is 0 Å². The van der Waals surface area contributed by atoms with Gasteiger partial charge < -0.3 is 0 Å². The summed E-state index contributed by atoms with van der Waals surface area (Å²) in [6, 6.07) is 6.68. The summed E-state index contributed by atoms with van der Waals surface area (Å²) < 4.78 is 0.439. The van der Waals surface area contributed by atoms with Gasteiger partial charge in [-0.25, -0.2) is 0 Å². The second kappa shape index (κ2) is 3.88. The van der Waals surface area contributed by atoms with Gasteiger partial charge in [0.05, 0.1) is 0 Å². The summed E-state index contributed by atoms with van der Waals surface area (Å²) in [5.74, 6) is -0.254. The Morgan fingerprint density at radius 2 is 2.00 bits per heavy atom. The van der Waals surface area contributed by atoms with Crippen molar-refractivity contribution in [2.45, 2.75) is 0 Å². The average Bonchev–Trinajstić information content (AvgIpc) is 2.49. The minimum absolute atomic E-state index is 0.105. The number of phenols is 1. The molecular weight excluding hydrogens is 261 g/mol. The number of carbonyl (C=O) groups is 2. The maximum absolute atomic E-state index is 11.2. The van der Waals surface area contributed by atoms with E-state index in [4.69, 9.17) is 0 Å². The van der Waals surface area contributed by atoms with E-state index in [-0.39, 0.29) is 16.5 Å². The molecular formula is C10H7NO3Se. The Labute approximate surface area is 92.1 Å². The quantitative estimate of drug-likeness (QED) is 0.581. The molecule has 0 saturated carbocycles. The van der Waals surface area contributed by atoms with E-state index in [0.29, 0.717) is 10.0 Å². The van der Waals surface area contributed by atoms with Crippen LogP contribution in [0.4, 0.5) is 4.79 Å². The number of phenolic OH excluding ortho intramolecular Hbond substituents is 1. The number of imide groups is 1. The van der Waals surface area contributed by atoms with Crippen LogP contribution in [-0.4, -0.2) is 30.8 Å². The third-order valence-corrected chi connectivity index (χ3v) is 3.57. The fraction of sp³-hybridized carbons (Fsp3) is 0. The van der Waals surface area contributed by atoms with Crippen molar-refractivity contribution in [3.63, 3.8) is 0 Å². The van der Waals surface area contributed by atoms with Gasteiger partial charge in [0.2, 0.25) is 0 Å². The van der Waals surface area contributed by atoms with Crippen molar-refractivity contribution >= 4 is 31.7 Å². The zero-order valence-electron chi connectivity index (χ0n) is 7.56. The molecule has 0 bridgehead atoms. The first kappa shape index (κ1) is 9.96. The number of benzene rings is 1. The molecule has 2 amide bonds. The van der Waals surface area contributed by atoms with Gasteiger partial charge in [-0.2, -0.15) is 0 Å². The Kier molecular flexibility index (Phi) is 2.58. The van der Waals surface area contributed by atoms with Crippen molar-refractivity contribution in [3.05, 3.63) is 34.3 Å². The summed E-state index contributed by atoms with van der Waals surface area (Å²) in [4.78, 5) is 21.9. The van der Waals surface area contributed by atoms with Crippen LogP contribution in [0.2, 0.25) is 0 Å². The molecule has 1 aromatic carbocycles. The van der Waals surface area contributed by atoms with E-state index in [1.54, 1.807) is 24.3 Å². The molecule has 2 N–H and O–H groups in total. The Bertz CT molecular complexity index is 467. The zero-order valence-corrected chi connectivity index (χ0v) is 9.27. The number of para-hydroxylation sites is 1. The average molecular weight is 268 g/mol. The first-order valence-corrected chi connectivity index (χ1v) is 5.91. The van der Waals surface area contributed by atoms with E-state index >= 15 is 0 Å². The summed E-state index contributed by atoms with van der Waals surface area (Å²) in [7, 11) is 0. The molecule has 76 valence electrons. The fourth-order valence-corrected chi connectivity index (χ4v) is 2.58. The molecule has 0 aliphatic carbocycles. The second-order valence-electron chi connectivity index (χ2n) is 2.91. The Hall–Kier alpha value is -1.58. The first-order chi connectivity index (χ1) is 7.16. The minimum atomic E-state index is -0.487. The molecule has 1 aliphatic heterocycles. The van der Waals surface area contributed by atoms with E-state index in [9.17, 15) is 14.7 Å². The Morgan fingerprint density at radius 1 is 1.27 bits per heavy atom. The van der Waals surface area contributed by atoms with E-state index in [0.717, 1.165) is 0 Å². The predicted octanol–water partition coefficient (Wildman–Crippen LogP) is 0.687. The van der Waals surface area contributed by atoms with Crippen LogP contribution in [0, 0.1) is 0 Å². The molecule has 1 fully saturated rings. The predicted molar refractivity (Wildman–Crippen MR) is 55.4 cm³/mol. The van der Waals surface area contributed by atoms with Crippen molar-refractivity contribution < 1.29 is 14.7 Å². The number of aromatic hydroxyl groups is 1. The van der Waals surface area contributed by atoms with Gasteiger partial charge in [0.15, 0.2) is 0 Å². The number of hydrogen-bond donors (Lipinski definition) is 2. The molecule has 0 radical (unpaired) electrons. The van der Waals surface area contributed by atoms with E-state index < -0.39 is 15.0 Å². The van der Waals surface area contributed by atoms with Crippen molar-refractivity contribution in [1.29, 1.82) is 0 Å². The third-order valence-electron chi connectivity index (χ3n) is 1.87. The van der Waals surface area contributed by atoms with E-state index in [1.807, 2.05) is 0 Å². The monoisotopic (exact) mass is 269 g/mol. The standard InChI is InChI=1S/C10H7NO3Se/c12-7-4-2-1-3-6(7)5-8-9(13)11-10(14)15-8/h1-5,12H,(H,11,13,14). The van der Waals surface area contributed by atoms with Crippen LogP contribution in [0.25, 0.3) is 6.08 Å². The van der Waals surface area contributed by atoms with Crippen molar-refractivity contribution in [2.75, 3.05) is 0 Å². The van der Waals surface area contributed by atoms with Gasteiger partial charge in [0.25, 0.3) is 0 Å². The van der Waals surface area contributed by atoms with Crippen LogP contribution in [0.1, 0.15) is 5.56 Å². The normalized spacial score (nSPS) is 18.3. The van der Waals surface area contributed by atoms with Gasteiger partial charge in [-0.1, -0.05) is 0 Å². The van der Waals surface area contributed by atoms with Gasteiger partial charge in [-0.3, -0.25) is 0 Å². The number of rotatable bonds is 1. The summed E-state index contributed by atoms with van der Waals surface area (Å²) in [6.45, 7) is 0. The third kappa shape index (κ3) is 2.09. The SMILES string of the molecule is O=C1NC(=O)C(=Cc2ccccc2O)[Se]1. The second-order valence-corrected chi connectivity index (χ2v) is 5.04. The summed E-state index contributed by atoms with van der Waals surface area (Å²) in [5, 5.41) is 11.7. The fourth-order valence-electron chi connectivity index (χ4n) is 1.17. The van der Waals surface area contributed by atoms with Crippen molar-refractivity contribution in [1.82, 2.24) is 5.32 Å². The summed E-state index contributed by atoms with van der Waals surface area (Å²) >= 11 is -0.487. The topological polar surface area (TPSA) is 66.4 Å².